The van der Waals surface area contributed by atoms with Crippen molar-refractivity contribution in [3.8, 4) is 5.88 Å². The standard InChI is InChI=1S/C18H24N4O5/c1-18(2,3)27-17(24)21-9-7-20(8-10-21)13-5-6-14(22(25)26)15-12(13)11-19(4)16(15)23/h5-6,11,23H,7-10H2,1-4H3. The number of anilines is 1. The summed E-state index contributed by atoms with van der Waals surface area (Å²) < 4.78 is 6.88. The molecule has 1 aromatic heterocycles. The van der Waals surface area contributed by atoms with E-state index in [0.29, 0.717) is 31.6 Å². The number of ether oxygens (including phenoxy) is 1. The lowest BCUT2D eigenvalue weighted by Crippen LogP contribution is -2.50. The van der Waals surface area contributed by atoms with Crippen LogP contribution < -0.4 is 4.90 Å². The predicted octanol–water partition coefficient (Wildman–Crippen LogP) is 2.85. The number of non-ortho nitro benzene ring substituents is 1. The molecule has 27 heavy (non-hydrogen) atoms. The van der Waals surface area contributed by atoms with Crippen LogP contribution in [0.4, 0.5) is 16.2 Å². The number of aromatic nitrogens is 1. The van der Waals surface area contributed by atoms with Crippen molar-refractivity contribution in [3.63, 3.8) is 0 Å². The molecular weight excluding hydrogens is 352 g/mol. The van der Waals surface area contributed by atoms with Crippen LogP contribution in [0.5, 0.6) is 5.88 Å². The Hall–Kier alpha value is -2.97. The second-order valence-corrected chi connectivity index (χ2v) is 7.67. The van der Waals surface area contributed by atoms with Crippen molar-refractivity contribution < 1.29 is 19.6 Å². The highest BCUT2D eigenvalue weighted by molar-refractivity contribution is 6.03. The molecule has 1 N–H and O–H groups in total. The molecule has 1 amide bonds. The molecule has 1 fully saturated rings. The number of nitrogens with zero attached hydrogens (tertiary/aromatic N) is 4. The molecule has 1 aromatic carbocycles. The number of fused-ring (bicyclic) bond motifs is 1. The summed E-state index contributed by atoms with van der Waals surface area (Å²) in [5.41, 5.74) is 0.134. The Kier molecular flexibility index (Phi) is 4.63. The molecule has 0 unspecified atom stereocenters. The fourth-order valence-corrected chi connectivity index (χ4v) is 3.28. The highest BCUT2D eigenvalue weighted by atomic mass is 16.6. The van der Waals surface area contributed by atoms with Gasteiger partial charge in [0.2, 0.25) is 5.88 Å². The fourth-order valence-electron chi connectivity index (χ4n) is 3.28. The van der Waals surface area contributed by atoms with E-state index in [-0.39, 0.29) is 23.0 Å². The monoisotopic (exact) mass is 376 g/mol. The van der Waals surface area contributed by atoms with Crippen molar-refractivity contribution in [2.24, 2.45) is 7.05 Å². The maximum absolute atomic E-state index is 12.2. The molecule has 146 valence electrons. The average molecular weight is 376 g/mol. The summed E-state index contributed by atoms with van der Waals surface area (Å²) in [5.74, 6) is -0.133. The van der Waals surface area contributed by atoms with Crippen molar-refractivity contribution in [2.45, 2.75) is 26.4 Å². The summed E-state index contributed by atoms with van der Waals surface area (Å²) >= 11 is 0. The van der Waals surface area contributed by atoms with Gasteiger partial charge in [-0.3, -0.25) is 10.1 Å². The molecular formula is C18H24N4O5. The van der Waals surface area contributed by atoms with Crippen molar-refractivity contribution in [2.75, 3.05) is 31.1 Å². The third-order valence-electron chi connectivity index (χ3n) is 4.55. The molecule has 1 saturated heterocycles. The minimum absolute atomic E-state index is 0.126. The van der Waals surface area contributed by atoms with Crippen molar-refractivity contribution in [1.82, 2.24) is 9.47 Å². The van der Waals surface area contributed by atoms with E-state index in [9.17, 15) is 20.0 Å². The number of nitro benzene ring substituents is 1. The highest BCUT2D eigenvalue weighted by Gasteiger charge is 2.28. The van der Waals surface area contributed by atoms with Gasteiger partial charge in [0.05, 0.1) is 4.92 Å². The Balaban J connectivity index is 1.84. The first-order valence-corrected chi connectivity index (χ1v) is 8.77. The number of carbonyl (C=O) groups is 1. The molecule has 0 radical (unpaired) electrons. The van der Waals surface area contributed by atoms with Gasteiger partial charge in [0, 0.05) is 56.6 Å². The molecule has 0 atom stereocenters. The third kappa shape index (κ3) is 3.62. The highest BCUT2D eigenvalue weighted by Crippen LogP contribution is 2.40. The van der Waals surface area contributed by atoms with Crippen LogP contribution in [0, 0.1) is 10.1 Å². The Morgan fingerprint density at radius 1 is 1.22 bits per heavy atom. The number of amides is 1. The number of nitro groups is 1. The number of rotatable bonds is 2. The zero-order valence-corrected chi connectivity index (χ0v) is 15.9. The maximum atomic E-state index is 12.2. The molecule has 9 heteroatoms. The number of hydrogen-bond donors (Lipinski definition) is 1. The van der Waals surface area contributed by atoms with Gasteiger partial charge in [-0.1, -0.05) is 0 Å². The lowest BCUT2D eigenvalue weighted by molar-refractivity contribution is -0.383. The first-order chi connectivity index (χ1) is 12.6. The first kappa shape index (κ1) is 18.8. The number of aromatic hydroxyl groups is 1. The minimum Gasteiger partial charge on any atom is -0.494 e. The van der Waals surface area contributed by atoms with Gasteiger partial charge in [-0.05, 0) is 26.8 Å². The lowest BCUT2D eigenvalue weighted by Gasteiger charge is -2.37. The molecule has 0 bridgehead atoms. The van der Waals surface area contributed by atoms with Crippen LogP contribution in [0.15, 0.2) is 18.3 Å². The predicted molar refractivity (Wildman–Crippen MR) is 101 cm³/mol. The molecule has 0 saturated carbocycles. The Morgan fingerprint density at radius 2 is 1.85 bits per heavy atom. The average Bonchev–Trinajstić information content (AvgIpc) is 2.88. The molecule has 3 rings (SSSR count). The van der Waals surface area contributed by atoms with Gasteiger partial charge in [0.15, 0.2) is 0 Å². The number of hydrogen-bond acceptors (Lipinski definition) is 6. The van der Waals surface area contributed by atoms with Crippen molar-refractivity contribution in [3.05, 3.63) is 28.4 Å². The molecule has 1 aliphatic rings. The van der Waals surface area contributed by atoms with Crippen LogP contribution in [0.3, 0.4) is 0 Å². The zero-order valence-electron chi connectivity index (χ0n) is 15.9. The Bertz CT molecular complexity index is 891. The number of aryl methyl sites for hydroxylation is 1. The van der Waals surface area contributed by atoms with E-state index in [1.165, 1.54) is 10.6 Å². The zero-order chi connectivity index (χ0) is 19.9. The number of carbonyl (C=O) groups excluding carboxylic acids is 1. The van der Waals surface area contributed by atoms with Crippen LogP contribution in [0.2, 0.25) is 0 Å². The summed E-state index contributed by atoms with van der Waals surface area (Å²) in [7, 11) is 1.64. The third-order valence-corrected chi connectivity index (χ3v) is 4.55. The molecule has 1 aliphatic heterocycles. The van der Waals surface area contributed by atoms with E-state index < -0.39 is 10.5 Å². The summed E-state index contributed by atoms with van der Waals surface area (Å²) in [6.45, 7) is 7.62. The minimum atomic E-state index is -0.541. The van der Waals surface area contributed by atoms with Gasteiger partial charge in [0.1, 0.15) is 11.0 Å². The van der Waals surface area contributed by atoms with E-state index in [4.69, 9.17) is 4.74 Å². The normalized spacial score (nSPS) is 15.3. The SMILES string of the molecule is Cn1cc2c(N3CCN(C(=O)OC(C)(C)C)CC3)ccc([N+](=O)[O-])c2c1O. The second kappa shape index (κ2) is 6.64. The van der Waals surface area contributed by atoms with Crippen LogP contribution in [0.25, 0.3) is 10.8 Å². The quantitative estimate of drug-likeness (QED) is 0.639. The second-order valence-electron chi connectivity index (χ2n) is 7.67. The van der Waals surface area contributed by atoms with Gasteiger partial charge in [-0.2, -0.15) is 0 Å². The van der Waals surface area contributed by atoms with Crippen molar-refractivity contribution >= 4 is 28.2 Å². The van der Waals surface area contributed by atoms with Crippen molar-refractivity contribution in [1.29, 1.82) is 0 Å². The van der Waals surface area contributed by atoms with E-state index in [0.717, 1.165) is 5.69 Å². The lowest BCUT2D eigenvalue weighted by atomic mass is 10.1. The van der Waals surface area contributed by atoms with E-state index in [2.05, 4.69) is 4.90 Å². The molecule has 9 nitrogen and oxygen atoms in total. The topological polar surface area (TPSA) is 101 Å². The summed E-state index contributed by atoms with van der Waals surface area (Å²) in [4.78, 5) is 26.7. The smallest absolute Gasteiger partial charge is 0.410 e. The number of benzene rings is 1. The summed E-state index contributed by atoms with van der Waals surface area (Å²) in [5, 5.41) is 22.4. The fraction of sp³-hybridized carbons (Fsp3) is 0.500. The summed E-state index contributed by atoms with van der Waals surface area (Å²) in [6, 6.07) is 3.11. The maximum Gasteiger partial charge on any atom is 0.410 e. The van der Waals surface area contributed by atoms with Gasteiger partial charge in [-0.15, -0.1) is 0 Å². The van der Waals surface area contributed by atoms with Gasteiger partial charge in [0.25, 0.3) is 5.69 Å². The van der Waals surface area contributed by atoms with Crippen LogP contribution >= 0.6 is 0 Å². The van der Waals surface area contributed by atoms with Crippen LogP contribution in [-0.2, 0) is 11.8 Å². The first-order valence-electron chi connectivity index (χ1n) is 8.77. The van der Waals surface area contributed by atoms with Crippen LogP contribution in [0.1, 0.15) is 20.8 Å². The molecule has 0 spiro atoms. The van der Waals surface area contributed by atoms with Crippen LogP contribution in [-0.4, -0.2) is 57.4 Å². The molecule has 2 heterocycles. The van der Waals surface area contributed by atoms with Gasteiger partial charge < -0.3 is 24.2 Å². The Labute approximate surface area is 156 Å². The van der Waals surface area contributed by atoms with E-state index in [1.54, 1.807) is 24.2 Å². The summed E-state index contributed by atoms with van der Waals surface area (Å²) in [6.07, 6.45) is 1.35. The largest absolute Gasteiger partial charge is 0.494 e. The Morgan fingerprint density at radius 3 is 2.41 bits per heavy atom. The van der Waals surface area contributed by atoms with Gasteiger partial charge >= 0.3 is 6.09 Å². The van der Waals surface area contributed by atoms with Gasteiger partial charge in [-0.25, -0.2) is 4.79 Å². The number of piperazine rings is 1. The van der Waals surface area contributed by atoms with E-state index in [1.807, 2.05) is 20.8 Å². The van der Waals surface area contributed by atoms with E-state index >= 15 is 0 Å². The molecule has 0 aliphatic carbocycles. The molecule has 2 aromatic rings.